The molecule has 0 aliphatic carbocycles. The van der Waals surface area contributed by atoms with Gasteiger partial charge in [-0.25, -0.2) is 12.8 Å². The van der Waals surface area contributed by atoms with Crippen molar-refractivity contribution in [1.82, 2.24) is 5.32 Å². The van der Waals surface area contributed by atoms with Gasteiger partial charge in [-0.1, -0.05) is 6.07 Å². The summed E-state index contributed by atoms with van der Waals surface area (Å²) in [5.41, 5.74) is 0.104. The molecule has 0 fully saturated rings. The van der Waals surface area contributed by atoms with E-state index in [0.29, 0.717) is 6.61 Å². The lowest BCUT2D eigenvalue weighted by Crippen LogP contribution is -2.48. The molecule has 1 atom stereocenters. The maximum absolute atomic E-state index is 13.3. The second-order valence-corrected chi connectivity index (χ2v) is 6.36. The van der Waals surface area contributed by atoms with Gasteiger partial charge in [-0.05, 0) is 25.1 Å². The Balaban J connectivity index is 3.01. The molecule has 1 unspecified atom stereocenters. The van der Waals surface area contributed by atoms with E-state index in [2.05, 4.69) is 5.32 Å². The standard InChI is InChI=1S/C13H19FN2O4S/c1-10(13(17)15-7-8-20-2)16(21(3,18)19)12-6-4-5-11(14)9-12/h4-6,9-10H,7-8H2,1-3H3,(H,15,17). The Hall–Kier alpha value is -1.67. The van der Waals surface area contributed by atoms with E-state index in [9.17, 15) is 17.6 Å². The summed E-state index contributed by atoms with van der Waals surface area (Å²) in [5.74, 6) is -1.06. The van der Waals surface area contributed by atoms with Crippen LogP contribution in [0.15, 0.2) is 24.3 Å². The maximum atomic E-state index is 13.3. The SMILES string of the molecule is COCCNC(=O)C(C)N(c1cccc(F)c1)S(C)(=O)=O. The number of ether oxygens (including phenoxy) is 1. The Bertz CT molecular complexity index is 592. The van der Waals surface area contributed by atoms with E-state index in [1.165, 1.54) is 32.2 Å². The second kappa shape index (κ2) is 7.37. The number of carbonyl (C=O) groups is 1. The minimum absolute atomic E-state index is 0.104. The van der Waals surface area contributed by atoms with Crippen LogP contribution >= 0.6 is 0 Å². The third-order valence-corrected chi connectivity index (χ3v) is 4.00. The molecule has 0 radical (unpaired) electrons. The molecule has 1 aromatic rings. The quantitative estimate of drug-likeness (QED) is 0.753. The summed E-state index contributed by atoms with van der Waals surface area (Å²) in [7, 11) is -2.24. The normalized spacial score (nSPS) is 12.8. The first-order valence-electron chi connectivity index (χ1n) is 6.29. The zero-order valence-electron chi connectivity index (χ0n) is 12.2. The number of hydrogen-bond acceptors (Lipinski definition) is 4. The van der Waals surface area contributed by atoms with E-state index < -0.39 is 27.8 Å². The first-order valence-corrected chi connectivity index (χ1v) is 8.14. The molecule has 0 aromatic heterocycles. The van der Waals surface area contributed by atoms with Crippen molar-refractivity contribution >= 4 is 21.6 Å². The Morgan fingerprint density at radius 3 is 2.67 bits per heavy atom. The van der Waals surface area contributed by atoms with Gasteiger partial charge in [-0.2, -0.15) is 0 Å². The van der Waals surface area contributed by atoms with Crippen LogP contribution in [0.4, 0.5) is 10.1 Å². The van der Waals surface area contributed by atoms with E-state index in [0.717, 1.165) is 16.6 Å². The minimum Gasteiger partial charge on any atom is -0.383 e. The van der Waals surface area contributed by atoms with Crippen molar-refractivity contribution in [2.75, 3.05) is 30.8 Å². The van der Waals surface area contributed by atoms with Gasteiger partial charge in [0.1, 0.15) is 11.9 Å². The Labute approximate surface area is 123 Å². The van der Waals surface area contributed by atoms with Crippen LogP contribution in [0.3, 0.4) is 0 Å². The predicted octanol–water partition coefficient (Wildman–Crippen LogP) is 0.743. The number of anilines is 1. The Morgan fingerprint density at radius 2 is 2.14 bits per heavy atom. The van der Waals surface area contributed by atoms with Crippen molar-refractivity contribution in [3.63, 3.8) is 0 Å². The first kappa shape index (κ1) is 17.4. The van der Waals surface area contributed by atoms with Gasteiger partial charge < -0.3 is 10.1 Å². The number of sulfonamides is 1. The number of methoxy groups -OCH3 is 1. The monoisotopic (exact) mass is 318 g/mol. The van der Waals surface area contributed by atoms with Gasteiger partial charge >= 0.3 is 0 Å². The molecule has 0 spiro atoms. The summed E-state index contributed by atoms with van der Waals surface area (Å²) in [6.07, 6.45) is 0.969. The number of nitrogens with one attached hydrogen (secondary N) is 1. The van der Waals surface area contributed by atoms with E-state index in [4.69, 9.17) is 4.74 Å². The Morgan fingerprint density at radius 1 is 1.48 bits per heavy atom. The van der Waals surface area contributed by atoms with Gasteiger partial charge in [-0.3, -0.25) is 9.10 Å². The molecule has 1 rings (SSSR count). The van der Waals surface area contributed by atoms with Crippen LogP contribution < -0.4 is 9.62 Å². The molecule has 118 valence electrons. The van der Waals surface area contributed by atoms with E-state index in [1.54, 1.807) is 0 Å². The van der Waals surface area contributed by atoms with E-state index in [1.807, 2.05) is 0 Å². The summed E-state index contributed by atoms with van der Waals surface area (Å²) < 4.78 is 42.8. The number of nitrogens with zero attached hydrogens (tertiary/aromatic N) is 1. The molecular weight excluding hydrogens is 299 g/mol. The maximum Gasteiger partial charge on any atom is 0.243 e. The molecule has 8 heteroatoms. The molecule has 1 aromatic carbocycles. The summed E-state index contributed by atoms with van der Waals surface area (Å²) >= 11 is 0. The lowest BCUT2D eigenvalue weighted by molar-refractivity contribution is -0.122. The number of carbonyl (C=O) groups excluding carboxylic acids is 1. The fourth-order valence-corrected chi connectivity index (χ4v) is 3.01. The fourth-order valence-electron chi connectivity index (χ4n) is 1.85. The number of halogens is 1. The molecule has 21 heavy (non-hydrogen) atoms. The summed E-state index contributed by atoms with van der Waals surface area (Å²) in [4.78, 5) is 12.0. The van der Waals surface area contributed by atoms with Gasteiger partial charge in [0.25, 0.3) is 0 Å². The number of amides is 1. The molecule has 1 amide bonds. The van der Waals surface area contributed by atoms with Crippen molar-refractivity contribution < 1.29 is 22.3 Å². The van der Waals surface area contributed by atoms with Gasteiger partial charge in [0.05, 0.1) is 18.6 Å². The fraction of sp³-hybridized carbons (Fsp3) is 0.462. The van der Waals surface area contributed by atoms with Gasteiger partial charge in [0, 0.05) is 13.7 Å². The van der Waals surface area contributed by atoms with Crippen LogP contribution in [0.5, 0.6) is 0 Å². The number of rotatable bonds is 7. The molecular formula is C13H19FN2O4S. The first-order chi connectivity index (χ1) is 9.77. The van der Waals surface area contributed by atoms with Gasteiger partial charge in [0.2, 0.25) is 15.9 Å². The van der Waals surface area contributed by atoms with Crippen molar-refractivity contribution in [2.24, 2.45) is 0 Å². The third kappa shape index (κ3) is 4.98. The highest BCUT2D eigenvalue weighted by atomic mass is 32.2. The summed E-state index contributed by atoms with van der Waals surface area (Å²) in [5, 5.41) is 2.56. The molecule has 0 saturated carbocycles. The van der Waals surface area contributed by atoms with E-state index in [-0.39, 0.29) is 12.2 Å². The molecule has 0 bridgehead atoms. The molecule has 0 heterocycles. The number of hydrogen-bond donors (Lipinski definition) is 1. The smallest absolute Gasteiger partial charge is 0.243 e. The zero-order chi connectivity index (χ0) is 16.0. The zero-order valence-corrected chi connectivity index (χ0v) is 13.0. The average Bonchev–Trinajstić information content (AvgIpc) is 2.37. The van der Waals surface area contributed by atoms with Crippen molar-refractivity contribution in [2.45, 2.75) is 13.0 Å². The van der Waals surface area contributed by atoms with Crippen LogP contribution in [-0.4, -0.2) is 46.9 Å². The Kier molecular flexibility index (Phi) is 6.10. The van der Waals surface area contributed by atoms with Crippen LogP contribution in [0.25, 0.3) is 0 Å². The van der Waals surface area contributed by atoms with Crippen LogP contribution in [0, 0.1) is 5.82 Å². The molecule has 0 aliphatic heterocycles. The van der Waals surface area contributed by atoms with Gasteiger partial charge in [0.15, 0.2) is 0 Å². The number of benzene rings is 1. The molecule has 6 nitrogen and oxygen atoms in total. The molecule has 0 aliphatic rings. The summed E-state index contributed by atoms with van der Waals surface area (Å²) in [6.45, 7) is 2.02. The minimum atomic E-state index is -3.73. The van der Waals surface area contributed by atoms with Crippen LogP contribution in [0.2, 0.25) is 0 Å². The lowest BCUT2D eigenvalue weighted by Gasteiger charge is -2.28. The van der Waals surface area contributed by atoms with E-state index >= 15 is 0 Å². The topological polar surface area (TPSA) is 75.7 Å². The highest BCUT2D eigenvalue weighted by Crippen LogP contribution is 2.21. The third-order valence-electron chi connectivity index (χ3n) is 2.76. The van der Waals surface area contributed by atoms with Gasteiger partial charge in [-0.15, -0.1) is 0 Å². The molecule has 1 N–H and O–H groups in total. The van der Waals surface area contributed by atoms with Crippen LogP contribution in [0.1, 0.15) is 6.92 Å². The highest BCUT2D eigenvalue weighted by molar-refractivity contribution is 7.92. The lowest BCUT2D eigenvalue weighted by atomic mass is 10.2. The highest BCUT2D eigenvalue weighted by Gasteiger charge is 2.29. The second-order valence-electron chi connectivity index (χ2n) is 4.50. The van der Waals surface area contributed by atoms with Crippen molar-refractivity contribution in [3.8, 4) is 0 Å². The van der Waals surface area contributed by atoms with Crippen LogP contribution in [-0.2, 0) is 19.6 Å². The summed E-state index contributed by atoms with van der Waals surface area (Å²) in [6, 6.07) is 4.09. The largest absolute Gasteiger partial charge is 0.383 e. The molecule has 0 saturated heterocycles. The average molecular weight is 318 g/mol. The van der Waals surface area contributed by atoms with Crippen molar-refractivity contribution in [1.29, 1.82) is 0 Å². The predicted molar refractivity (Wildman–Crippen MR) is 78.1 cm³/mol. The van der Waals surface area contributed by atoms with Crippen molar-refractivity contribution in [3.05, 3.63) is 30.1 Å².